The van der Waals surface area contributed by atoms with Gasteiger partial charge in [-0.15, -0.1) is 0 Å². The maximum absolute atomic E-state index is 8.45. The summed E-state index contributed by atoms with van der Waals surface area (Å²) in [6, 6.07) is 0. The molecule has 0 bridgehead atoms. The molecule has 9 heteroatoms. The van der Waals surface area contributed by atoms with E-state index in [-0.39, 0.29) is 0 Å². The van der Waals surface area contributed by atoms with E-state index in [0.29, 0.717) is 0 Å². The molecule has 0 spiro atoms. The van der Waals surface area contributed by atoms with Gasteiger partial charge in [-0.1, -0.05) is 0 Å². The van der Waals surface area contributed by atoms with Gasteiger partial charge in [0.1, 0.15) is 0 Å². The molecule has 0 saturated heterocycles. The van der Waals surface area contributed by atoms with E-state index in [1.807, 2.05) is 21.6 Å². The van der Waals surface area contributed by atoms with Crippen LogP contribution in [0.2, 0.25) is 0 Å². The summed E-state index contributed by atoms with van der Waals surface area (Å²) in [6.07, 6.45) is 0. The Balaban J connectivity index is 4.66. The Bertz CT molecular complexity index is 261. The molecule has 0 amide bonds. The van der Waals surface area contributed by atoms with Crippen LogP contribution in [0.5, 0.6) is 0 Å². The van der Waals surface area contributed by atoms with Crippen molar-refractivity contribution in [2.45, 2.75) is 0 Å². The van der Waals surface area contributed by atoms with Crippen LogP contribution in [0.4, 0.5) is 0 Å². The van der Waals surface area contributed by atoms with E-state index in [4.69, 9.17) is 21.0 Å². The number of hydrogen-bond donors (Lipinski definition) is 0. The fraction of sp³-hybridized carbons (Fsp3) is 0. The van der Waals surface area contributed by atoms with Crippen LogP contribution in [0, 0.1) is 42.7 Å². The normalized spacial score (nSPS) is 10.2. The molecule has 0 N–H and O–H groups in total. The summed E-state index contributed by atoms with van der Waals surface area (Å²) >= 11 is 0. The van der Waals surface area contributed by atoms with E-state index in [9.17, 15) is 0 Å². The molecular weight excluding hydrogens is 291 g/mol. The SMILES string of the molecule is N#C[S][Co]([S]C#N)([S]C#N)[S]C#N. The average Bonchev–Trinajstić information content (AvgIpc) is 2.06. The number of hydrogen-bond acceptors (Lipinski definition) is 8. The van der Waals surface area contributed by atoms with Crippen molar-refractivity contribution >= 4 is 40.9 Å². The molecule has 0 aliphatic rings. The fourth-order valence-electron chi connectivity index (χ4n) is 0.232. The van der Waals surface area contributed by atoms with Gasteiger partial charge in [0, 0.05) is 0 Å². The second-order valence-electron chi connectivity index (χ2n) is 0.971. The van der Waals surface area contributed by atoms with E-state index >= 15 is 0 Å². The summed E-state index contributed by atoms with van der Waals surface area (Å²) in [5.41, 5.74) is 0. The van der Waals surface area contributed by atoms with Gasteiger partial charge in [-0.3, -0.25) is 0 Å². The summed E-state index contributed by atoms with van der Waals surface area (Å²) in [5, 5.41) is 41.1. The van der Waals surface area contributed by atoms with Crippen molar-refractivity contribution in [2.75, 3.05) is 0 Å². The topological polar surface area (TPSA) is 95.2 Å². The third-order valence-corrected chi connectivity index (χ3v) is 13.9. The molecular formula is C4CoN4S4. The van der Waals surface area contributed by atoms with Crippen LogP contribution in [-0.2, 0) is 8.18 Å². The molecule has 0 aliphatic heterocycles. The molecule has 69 valence electrons. The van der Waals surface area contributed by atoms with Gasteiger partial charge in [-0.05, 0) is 0 Å². The maximum atomic E-state index is 8.45. The molecule has 0 radical (unpaired) electrons. The average molecular weight is 291 g/mol. The van der Waals surface area contributed by atoms with Gasteiger partial charge in [-0.2, -0.15) is 0 Å². The van der Waals surface area contributed by atoms with E-state index in [1.54, 1.807) is 0 Å². The van der Waals surface area contributed by atoms with Crippen molar-refractivity contribution < 1.29 is 8.18 Å². The number of rotatable bonds is 4. The summed E-state index contributed by atoms with van der Waals surface area (Å²) in [7, 11) is 1.08. The zero-order chi connectivity index (χ0) is 10.2. The van der Waals surface area contributed by atoms with Crippen LogP contribution in [0.25, 0.3) is 0 Å². The van der Waals surface area contributed by atoms with E-state index in [2.05, 4.69) is 0 Å². The van der Waals surface area contributed by atoms with Crippen LogP contribution >= 0.6 is 40.9 Å². The first kappa shape index (κ1) is 12.9. The van der Waals surface area contributed by atoms with Crippen molar-refractivity contribution in [1.82, 2.24) is 0 Å². The van der Waals surface area contributed by atoms with Crippen LogP contribution in [0.1, 0.15) is 0 Å². The molecule has 0 aromatic carbocycles. The van der Waals surface area contributed by atoms with Crippen LogP contribution in [0.3, 0.4) is 0 Å². The van der Waals surface area contributed by atoms with Crippen molar-refractivity contribution in [1.29, 1.82) is 21.0 Å². The van der Waals surface area contributed by atoms with Crippen molar-refractivity contribution in [3.8, 4) is 21.6 Å². The second kappa shape index (κ2) is 7.29. The fourth-order valence-corrected chi connectivity index (χ4v) is 8.62. The first-order chi connectivity index (χ1) is 6.24. The Hall–Kier alpha value is -0.134. The van der Waals surface area contributed by atoms with Crippen molar-refractivity contribution in [3.05, 3.63) is 0 Å². The first-order valence-corrected chi connectivity index (χ1v) is 10.1. The van der Waals surface area contributed by atoms with Crippen molar-refractivity contribution in [2.24, 2.45) is 0 Å². The van der Waals surface area contributed by atoms with E-state index < -0.39 is 8.18 Å². The third-order valence-electron chi connectivity index (χ3n) is 0.455. The van der Waals surface area contributed by atoms with Crippen LogP contribution in [-0.4, -0.2) is 0 Å². The van der Waals surface area contributed by atoms with Gasteiger partial charge in [0.2, 0.25) is 0 Å². The third kappa shape index (κ3) is 4.59. The minimum atomic E-state index is -2.26. The Morgan fingerprint density at radius 1 is 0.615 bits per heavy atom. The molecule has 4 nitrogen and oxygen atoms in total. The Labute approximate surface area is 91.2 Å². The molecule has 0 rings (SSSR count). The summed E-state index contributed by atoms with van der Waals surface area (Å²) in [5.74, 6) is 0. The van der Waals surface area contributed by atoms with E-state index in [0.717, 1.165) is 40.9 Å². The zero-order valence-corrected chi connectivity index (χ0v) is 10.1. The molecule has 0 fully saturated rings. The van der Waals surface area contributed by atoms with Gasteiger partial charge >= 0.3 is 91.8 Å². The quantitative estimate of drug-likeness (QED) is 0.729. The Morgan fingerprint density at radius 3 is 1.00 bits per heavy atom. The molecule has 0 aromatic heterocycles. The monoisotopic (exact) mass is 291 g/mol. The zero-order valence-electron chi connectivity index (χ0n) is 5.76. The van der Waals surface area contributed by atoms with Gasteiger partial charge in [-0.25, -0.2) is 0 Å². The van der Waals surface area contributed by atoms with Gasteiger partial charge in [0.25, 0.3) is 0 Å². The van der Waals surface area contributed by atoms with Gasteiger partial charge < -0.3 is 0 Å². The second-order valence-corrected chi connectivity index (χ2v) is 16.8. The molecule has 0 atom stereocenters. The van der Waals surface area contributed by atoms with Crippen LogP contribution < -0.4 is 0 Å². The standard InChI is InChI=1S/4CHNS.Co/c4*2-1-3;/h4*3H;/q;;;;+4/p-4. The number of nitrogens with zero attached hydrogens (tertiary/aromatic N) is 4. The summed E-state index contributed by atoms with van der Waals surface area (Å²) in [4.78, 5) is 0. The van der Waals surface area contributed by atoms with Gasteiger partial charge in [0.15, 0.2) is 0 Å². The first-order valence-electron chi connectivity index (χ1n) is 2.26. The number of nitriles is 4. The molecule has 0 heterocycles. The van der Waals surface area contributed by atoms with Crippen LogP contribution in [0.15, 0.2) is 0 Å². The van der Waals surface area contributed by atoms with E-state index in [1.165, 1.54) is 0 Å². The summed E-state index contributed by atoms with van der Waals surface area (Å²) in [6.45, 7) is 0. The molecule has 0 saturated carbocycles. The number of thiocyanates is 4. The Morgan fingerprint density at radius 2 is 0.846 bits per heavy atom. The molecule has 13 heavy (non-hydrogen) atoms. The summed E-state index contributed by atoms with van der Waals surface area (Å²) < 4.78 is 0. The van der Waals surface area contributed by atoms with Gasteiger partial charge in [0.05, 0.1) is 0 Å². The van der Waals surface area contributed by atoms with Crippen molar-refractivity contribution in [3.63, 3.8) is 0 Å². The predicted molar refractivity (Wildman–Crippen MR) is 52.8 cm³/mol. The molecule has 0 aliphatic carbocycles. The predicted octanol–water partition coefficient (Wildman–Crippen LogP) is 2.66. The molecule has 0 aromatic rings. The Kier molecular flexibility index (Phi) is 7.21. The minimum absolute atomic E-state index is 0.834. The molecule has 0 unspecified atom stereocenters.